The highest BCUT2D eigenvalue weighted by atomic mass is 28.4. The Morgan fingerprint density at radius 1 is 0.857 bits per heavy atom. The summed E-state index contributed by atoms with van der Waals surface area (Å²) in [5.74, 6) is -0.134. The van der Waals surface area contributed by atoms with E-state index in [1.165, 1.54) is 0 Å². The minimum Gasteiger partial charge on any atom is -0.520 e. The number of carbonyl (C=O) groups is 1. The van der Waals surface area contributed by atoms with Crippen LogP contribution in [0.15, 0.2) is 0 Å². The Hall–Kier alpha value is 0.0406. The lowest BCUT2D eigenvalue weighted by Gasteiger charge is -2.28. The normalized spacial score (nSPS) is 14.9. The molecule has 0 spiro atoms. The van der Waals surface area contributed by atoms with Gasteiger partial charge in [0.25, 0.3) is 5.97 Å². The number of carbonyl (C=O) groups excluding carboxylic acids is 1. The Labute approximate surface area is 133 Å². The smallest absolute Gasteiger partial charge is 0.295 e. The van der Waals surface area contributed by atoms with Crippen LogP contribution in [0.4, 0.5) is 0 Å². The molecule has 0 bridgehead atoms. The first kappa shape index (κ1) is 21.0. The maximum Gasteiger partial charge on any atom is 0.295 e. The zero-order valence-corrected chi connectivity index (χ0v) is 18.3. The van der Waals surface area contributed by atoms with Gasteiger partial charge in [0, 0.05) is 6.61 Å². The van der Waals surface area contributed by atoms with Gasteiger partial charge in [-0.3, -0.25) is 4.79 Å². The largest absolute Gasteiger partial charge is 0.520 e. The van der Waals surface area contributed by atoms with Gasteiger partial charge in [-0.05, 0) is 65.3 Å². The van der Waals surface area contributed by atoms with Gasteiger partial charge in [0.15, 0.2) is 16.6 Å². The number of hydrogen-bond acceptors (Lipinski definition) is 4. The number of hydrogen-bond donors (Lipinski definition) is 0. The average Bonchev–Trinajstić information content (AvgIpc) is 2.08. The first-order valence-corrected chi connectivity index (χ1v) is 17.9. The fraction of sp³-hybridized carbons (Fsp3) is 0.929. The maximum absolute atomic E-state index is 12.0. The van der Waals surface area contributed by atoms with Crippen LogP contribution in [0.3, 0.4) is 0 Å². The van der Waals surface area contributed by atoms with Crippen molar-refractivity contribution in [2.45, 2.75) is 77.9 Å². The van der Waals surface area contributed by atoms with E-state index < -0.39 is 25.0 Å². The fourth-order valence-electron chi connectivity index (χ4n) is 1.77. The summed E-state index contributed by atoms with van der Waals surface area (Å²) in [6.45, 7) is 19.7. The fourth-order valence-corrected chi connectivity index (χ4v) is 4.47. The molecule has 0 radical (unpaired) electrons. The van der Waals surface area contributed by atoms with Crippen LogP contribution in [-0.2, 0) is 18.1 Å². The molecule has 0 N–H and O–H groups in total. The Kier molecular flexibility index (Phi) is 8.07. The molecule has 7 heteroatoms. The van der Waals surface area contributed by atoms with E-state index in [1.807, 2.05) is 19.6 Å². The molecule has 0 aliphatic rings. The SMILES string of the molecule is C[Si](C)(C)OCCC(CC(=O)O[Si](C)(C)C)O[Si](C)(C)C. The predicted molar refractivity (Wildman–Crippen MR) is 96.2 cm³/mol. The summed E-state index contributed by atoms with van der Waals surface area (Å²) in [5, 5.41) is 0. The minimum absolute atomic E-state index is 0.0862. The third-order valence-electron chi connectivity index (χ3n) is 2.31. The van der Waals surface area contributed by atoms with Crippen LogP contribution in [0, 0.1) is 0 Å². The minimum atomic E-state index is -1.83. The van der Waals surface area contributed by atoms with Crippen molar-refractivity contribution in [1.29, 1.82) is 0 Å². The summed E-state index contributed by atoms with van der Waals surface area (Å²) in [6, 6.07) is 0. The van der Waals surface area contributed by atoms with Crippen LogP contribution >= 0.6 is 0 Å². The molecule has 126 valence electrons. The molecule has 1 unspecified atom stereocenters. The van der Waals surface area contributed by atoms with Gasteiger partial charge in [-0.25, -0.2) is 0 Å². The zero-order chi connectivity index (χ0) is 16.9. The third-order valence-corrected chi connectivity index (χ3v) is 5.26. The quantitative estimate of drug-likeness (QED) is 0.584. The number of rotatable bonds is 9. The van der Waals surface area contributed by atoms with E-state index in [1.54, 1.807) is 0 Å². The van der Waals surface area contributed by atoms with Crippen molar-refractivity contribution >= 4 is 30.9 Å². The summed E-state index contributed by atoms with van der Waals surface area (Å²) in [6.07, 6.45) is 1.01. The van der Waals surface area contributed by atoms with Crippen molar-refractivity contribution in [2.24, 2.45) is 0 Å². The van der Waals surface area contributed by atoms with Gasteiger partial charge in [0.1, 0.15) is 0 Å². The second-order valence-corrected chi connectivity index (χ2v) is 21.8. The Morgan fingerprint density at radius 3 is 1.76 bits per heavy atom. The molecule has 0 fully saturated rings. The van der Waals surface area contributed by atoms with E-state index in [4.69, 9.17) is 13.3 Å². The first-order chi connectivity index (χ1) is 9.18. The van der Waals surface area contributed by atoms with Crippen LogP contribution in [0.25, 0.3) is 0 Å². The molecule has 0 amide bonds. The first-order valence-electron chi connectivity index (χ1n) is 7.72. The molecule has 21 heavy (non-hydrogen) atoms. The monoisotopic (exact) mass is 350 g/mol. The summed E-state index contributed by atoms with van der Waals surface area (Å²) in [4.78, 5) is 12.0. The van der Waals surface area contributed by atoms with Crippen molar-refractivity contribution < 1.29 is 18.1 Å². The standard InChI is InChI=1S/C14H34O4Si3/c1-19(2,3)16-11-10-13(17-20(4,5)6)12-14(15)18-21(7,8)9/h13H,10-12H2,1-9H3. The van der Waals surface area contributed by atoms with Gasteiger partial charge in [-0.2, -0.15) is 0 Å². The molecule has 0 saturated carbocycles. The molecule has 0 saturated heterocycles. The lowest BCUT2D eigenvalue weighted by molar-refractivity contribution is -0.137. The molecule has 0 rings (SSSR count). The summed E-state index contributed by atoms with van der Waals surface area (Å²) < 4.78 is 17.5. The van der Waals surface area contributed by atoms with Gasteiger partial charge in [-0.15, -0.1) is 0 Å². The van der Waals surface area contributed by atoms with Gasteiger partial charge in [0.05, 0.1) is 12.5 Å². The van der Waals surface area contributed by atoms with Gasteiger partial charge < -0.3 is 13.3 Å². The average molecular weight is 351 g/mol. The second-order valence-electron chi connectivity index (χ2n) is 8.39. The zero-order valence-electron chi connectivity index (χ0n) is 15.3. The van der Waals surface area contributed by atoms with E-state index in [9.17, 15) is 4.79 Å². The molecular weight excluding hydrogens is 316 g/mol. The van der Waals surface area contributed by atoms with Gasteiger partial charge >= 0.3 is 0 Å². The topological polar surface area (TPSA) is 44.8 Å². The molecule has 0 aromatic rings. The Balaban J connectivity index is 4.50. The Bertz CT molecular complexity index is 327. The van der Waals surface area contributed by atoms with E-state index in [-0.39, 0.29) is 12.1 Å². The molecule has 0 aliphatic heterocycles. The Morgan fingerprint density at radius 2 is 1.38 bits per heavy atom. The lowest BCUT2D eigenvalue weighted by atomic mass is 10.2. The summed E-state index contributed by atoms with van der Waals surface area (Å²) in [7, 11) is -5.02. The molecular formula is C14H34O4Si3. The molecule has 1 atom stereocenters. The van der Waals surface area contributed by atoms with Crippen molar-refractivity contribution in [2.75, 3.05) is 6.61 Å². The van der Waals surface area contributed by atoms with Crippen molar-refractivity contribution in [3.8, 4) is 0 Å². The van der Waals surface area contributed by atoms with Gasteiger partial charge in [-0.1, -0.05) is 0 Å². The van der Waals surface area contributed by atoms with Crippen LogP contribution < -0.4 is 0 Å². The maximum atomic E-state index is 12.0. The van der Waals surface area contributed by atoms with E-state index in [2.05, 4.69) is 39.3 Å². The molecule has 0 aromatic heterocycles. The van der Waals surface area contributed by atoms with Crippen molar-refractivity contribution in [3.05, 3.63) is 0 Å². The lowest BCUT2D eigenvalue weighted by Crippen LogP contribution is -2.37. The molecule has 0 aliphatic carbocycles. The third kappa shape index (κ3) is 14.7. The van der Waals surface area contributed by atoms with Crippen LogP contribution in [0.2, 0.25) is 58.9 Å². The van der Waals surface area contributed by atoms with Crippen molar-refractivity contribution in [3.63, 3.8) is 0 Å². The van der Waals surface area contributed by atoms with E-state index >= 15 is 0 Å². The highest BCUT2D eigenvalue weighted by Gasteiger charge is 2.27. The summed E-state index contributed by atoms with van der Waals surface area (Å²) in [5.41, 5.74) is 0. The van der Waals surface area contributed by atoms with Crippen LogP contribution in [0.5, 0.6) is 0 Å². The molecule has 4 nitrogen and oxygen atoms in total. The van der Waals surface area contributed by atoms with Crippen LogP contribution in [0.1, 0.15) is 12.8 Å². The second kappa shape index (κ2) is 8.05. The summed E-state index contributed by atoms with van der Waals surface area (Å²) >= 11 is 0. The predicted octanol–water partition coefficient (Wildman–Crippen LogP) is 4.22. The van der Waals surface area contributed by atoms with Crippen molar-refractivity contribution in [1.82, 2.24) is 0 Å². The van der Waals surface area contributed by atoms with Gasteiger partial charge in [0.2, 0.25) is 8.32 Å². The molecule has 0 heterocycles. The van der Waals surface area contributed by atoms with Crippen LogP contribution in [-0.4, -0.2) is 43.6 Å². The highest BCUT2D eigenvalue weighted by molar-refractivity contribution is 6.71. The van der Waals surface area contributed by atoms with E-state index in [0.29, 0.717) is 13.0 Å². The highest BCUT2D eigenvalue weighted by Crippen LogP contribution is 2.16. The van der Waals surface area contributed by atoms with E-state index in [0.717, 1.165) is 6.42 Å². The molecule has 0 aromatic carbocycles.